The SMILES string of the molecule is CCCC1CN(c2ccccc2Br)C(C)CN1. The summed E-state index contributed by atoms with van der Waals surface area (Å²) in [6.07, 6.45) is 2.50. The molecule has 0 amide bonds. The number of halogens is 1. The predicted octanol–water partition coefficient (Wildman–Crippen LogP) is 3.42. The van der Waals surface area contributed by atoms with Crippen molar-refractivity contribution in [2.75, 3.05) is 18.0 Å². The minimum absolute atomic E-state index is 0.557. The summed E-state index contributed by atoms with van der Waals surface area (Å²) in [6, 6.07) is 9.70. The lowest BCUT2D eigenvalue weighted by molar-refractivity contribution is 0.386. The van der Waals surface area contributed by atoms with Crippen molar-refractivity contribution in [2.45, 2.75) is 38.8 Å². The van der Waals surface area contributed by atoms with Gasteiger partial charge in [-0.25, -0.2) is 0 Å². The number of nitrogens with one attached hydrogen (secondary N) is 1. The Morgan fingerprint density at radius 2 is 2.18 bits per heavy atom. The molecule has 2 nitrogen and oxygen atoms in total. The van der Waals surface area contributed by atoms with E-state index in [-0.39, 0.29) is 0 Å². The van der Waals surface area contributed by atoms with Crippen LogP contribution in [-0.2, 0) is 0 Å². The van der Waals surface area contributed by atoms with Crippen LogP contribution in [-0.4, -0.2) is 25.2 Å². The molecule has 1 aromatic rings. The summed E-state index contributed by atoms with van der Waals surface area (Å²) in [5.74, 6) is 0. The first kappa shape index (κ1) is 12.9. The fourth-order valence-electron chi connectivity index (χ4n) is 2.49. The largest absolute Gasteiger partial charge is 0.365 e. The fraction of sp³-hybridized carbons (Fsp3) is 0.571. The number of rotatable bonds is 3. The van der Waals surface area contributed by atoms with Crippen molar-refractivity contribution in [3.8, 4) is 0 Å². The van der Waals surface area contributed by atoms with E-state index >= 15 is 0 Å². The molecule has 1 N–H and O–H groups in total. The normalized spacial score (nSPS) is 25.0. The molecule has 2 atom stereocenters. The second kappa shape index (κ2) is 5.87. The Hall–Kier alpha value is -0.540. The van der Waals surface area contributed by atoms with E-state index < -0.39 is 0 Å². The third-order valence-electron chi connectivity index (χ3n) is 3.45. The molecule has 0 bridgehead atoms. The van der Waals surface area contributed by atoms with Crippen molar-refractivity contribution in [2.24, 2.45) is 0 Å². The zero-order valence-corrected chi connectivity index (χ0v) is 12.2. The Labute approximate surface area is 113 Å². The molecule has 0 radical (unpaired) electrons. The molecule has 1 saturated heterocycles. The van der Waals surface area contributed by atoms with Gasteiger partial charge in [-0.3, -0.25) is 0 Å². The van der Waals surface area contributed by atoms with Crippen molar-refractivity contribution in [3.63, 3.8) is 0 Å². The van der Waals surface area contributed by atoms with Crippen LogP contribution in [0.15, 0.2) is 28.7 Å². The van der Waals surface area contributed by atoms with Crippen LogP contribution in [0, 0.1) is 0 Å². The van der Waals surface area contributed by atoms with Crippen LogP contribution in [0.5, 0.6) is 0 Å². The highest BCUT2D eigenvalue weighted by Crippen LogP contribution is 2.28. The van der Waals surface area contributed by atoms with Gasteiger partial charge in [0.05, 0.1) is 5.69 Å². The monoisotopic (exact) mass is 296 g/mol. The maximum Gasteiger partial charge on any atom is 0.0514 e. The topological polar surface area (TPSA) is 15.3 Å². The molecular formula is C14H21BrN2. The molecule has 1 aliphatic rings. The molecule has 0 saturated carbocycles. The Morgan fingerprint density at radius 3 is 2.88 bits per heavy atom. The van der Waals surface area contributed by atoms with Gasteiger partial charge in [-0.05, 0) is 41.4 Å². The Kier molecular flexibility index (Phi) is 4.46. The van der Waals surface area contributed by atoms with Crippen LogP contribution in [0.3, 0.4) is 0 Å². The number of benzene rings is 1. The average molecular weight is 297 g/mol. The smallest absolute Gasteiger partial charge is 0.0514 e. The van der Waals surface area contributed by atoms with E-state index in [1.54, 1.807) is 0 Å². The second-order valence-corrected chi connectivity index (χ2v) is 5.70. The van der Waals surface area contributed by atoms with E-state index in [4.69, 9.17) is 0 Å². The van der Waals surface area contributed by atoms with Crippen molar-refractivity contribution in [1.82, 2.24) is 5.32 Å². The molecule has 2 rings (SSSR count). The molecule has 17 heavy (non-hydrogen) atoms. The first-order valence-electron chi connectivity index (χ1n) is 6.47. The highest BCUT2D eigenvalue weighted by molar-refractivity contribution is 9.10. The maximum atomic E-state index is 3.66. The Balaban J connectivity index is 2.15. The first-order chi connectivity index (χ1) is 8.22. The van der Waals surface area contributed by atoms with E-state index in [0.717, 1.165) is 13.1 Å². The summed E-state index contributed by atoms with van der Waals surface area (Å²) >= 11 is 3.66. The first-order valence-corrected chi connectivity index (χ1v) is 7.26. The molecule has 0 aliphatic carbocycles. The lowest BCUT2D eigenvalue weighted by Gasteiger charge is -2.41. The standard InChI is InChI=1S/C14H21BrN2/c1-3-6-12-10-17(11(2)9-16-12)14-8-5-4-7-13(14)15/h4-5,7-8,11-12,16H,3,6,9-10H2,1-2H3. The quantitative estimate of drug-likeness (QED) is 0.919. The van der Waals surface area contributed by atoms with Gasteiger partial charge < -0.3 is 10.2 Å². The van der Waals surface area contributed by atoms with E-state index in [2.05, 4.69) is 64.3 Å². The average Bonchev–Trinajstić information content (AvgIpc) is 2.33. The summed E-state index contributed by atoms with van der Waals surface area (Å²) in [5.41, 5.74) is 1.32. The van der Waals surface area contributed by atoms with Gasteiger partial charge in [0.15, 0.2) is 0 Å². The van der Waals surface area contributed by atoms with Gasteiger partial charge in [0.1, 0.15) is 0 Å². The zero-order chi connectivity index (χ0) is 12.3. The minimum Gasteiger partial charge on any atom is -0.365 e. The molecule has 0 spiro atoms. The fourth-order valence-corrected chi connectivity index (χ4v) is 3.00. The van der Waals surface area contributed by atoms with Gasteiger partial charge in [-0.2, -0.15) is 0 Å². The van der Waals surface area contributed by atoms with Crippen molar-refractivity contribution < 1.29 is 0 Å². The summed E-state index contributed by atoms with van der Waals surface area (Å²) in [4.78, 5) is 2.51. The lowest BCUT2D eigenvalue weighted by Crippen LogP contribution is -2.55. The van der Waals surface area contributed by atoms with Crippen molar-refractivity contribution in [1.29, 1.82) is 0 Å². The number of anilines is 1. The number of piperazine rings is 1. The summed E-state index contributed by atoms with van der Waals surface area (Å²) in [7, 11) is 0. The van der Waals surface area contributed by atoms with Crippen LogP contribution >= 0.6 is 15.9 Å². The molecule has 1 aromatic carbocycles. The second-order valence-electron chi connectivity index (χ2n) is 4.85. The van der Waals surface area contributed by atoms with Gasteiger partial charge in [0.25, 0.3) is 0 Å². The molecule has 3 heteroatoms. The molecular weight excluding hydrogens is 276 g/mol. The summed E-state index contributed by atoms with van der Waals surface area (Å²) < 4.78 is 1.20. The molecule has 1 aliphatic heterocycles. The minimum atomic E-state index is 0.557. The predicted molar refractivity (Wildman–Crippen MR) is 77.6 cm³/mol. The maximum absolute atomic E-state index is 3.66. The van der Waals surface area contributed by atoms with E-state index in [1.807, 2.05) is 0 Å². The number of para-hydroxylation sites is 1. The van der Waals surface area contributed by atoms with Gasteiger partial charge in [0, 0.05) is 29.6 Å². The highest BCUT2D eigenvalue weighted by Gasteiger charge is 2.25. The van der Waals surface area contributed by atoms with Crippen LogP contribution in [0.4, 0.5) is 5.69 Å². The van der Waals surface area contributed by atoms with Crippen LogP contribution < -0.4 is 10.2 Å². The third-order valence-corrected chi connectivity index (χ3v) is 4.12. The number of hydrogen-bond donors (Lipinski definition) is 1. The molecule has 1 heterocycles. The van der Waals surface area contributed by atoms with Gasteiger partial charge in [0.2, 0.25) is 0 Å². The van der Waals surface area contributed by atoms with E-state index in [1.165, 1.54) is 23.0 Å². The summed E-state index contributed by atoms with van der Waals surface area (Å²) in [5, 5.41) is 3.63. The highest BCUT2D eigenvalue weighted by atomic mass is 79.9. The van der Waals surface area contributed by atoms with Crippen molar-refractivity contribution in [3.05, 3.63) is 28.7 Å². The van der Waals surface area contributed by atoms with Crippen molar-refractivity contribution >= 4 is 21.6 Å². The number of hydrogen-bond acceptors (Lipinski definition) is 2. The van der Waals surface area contributed by atoms with Crippen LogP contribution in [0.25, 0.3) is 0 Å². The lowest BCUT2D eigenvalue weighted by atomic mass is 10.1. The van der Waals surface area contributed by atoms with Crippen LogP contribution in [0.1, 0.15) is 26.7 Å². The van der Waals surface area contributed by atoms with Gasteiger partial charge in [-0.15, -0.1) is 0 Å². The Bertz CT molecular complexity index is 367. The van der Waals surface area contributed by atoms with E-state index in [0.29, 0.717) is 12.1 Å². The zero-order valence-electron chi connectivity index (χ0n) is 10.6. The molecule has 94 valence electrons. The third kappa shape index (κ3) is 3.02. The molecule has 2 unspecified atom stereocenters. The van der Waals surface area contributed by atoms with E-state index in [9.17, 15) is 0 Å². The molecule has 1 fully saturated rings. The number of nitrogens with zero attached hydrogens (tertiary/aromatic N) is 1. The van der Waals surface area contributed by atoms with Gasteiger partial charge >= 0.3 is 0 Å². The van der Waals surface area contributed by atoms with Gasteiger partial charge in [-0.1, -0.05) is 25.5 Å². The molecule has 0 aromatic heterocycles. The Morgan fingerprint density at radius 1 is 1.41 bits per heavy atom. The summed E-state index contributed by atoms with van der Waals surface area (Å²) in [6.45, 7) is 6.72. The van der Waals surface area contributed by atoms with Crippen LogP contribution in [0.2, 0.25) is 0 Å².